The Morgan fingerprint density at radius 1 is 1.00 bits per heavy atom. The third-order valence-corrected chi connectivity index (χ3v) is 3.54. The maximum Gasteiger partial charge on any atom is 0.253 e. The van der Waals surface area contributed by atoms with Crippen LogP contribution in [-0.4, -0.2) is 47.0 Å². The first kappa shape index (κ1) is 19.3. The fourth-order valence-corrected chi connectivity index (χ4v) is 2.22. The summed E-state index contributed by atoms with van der Waals surface area (Å²) in [6.45, 7) is 0.314. The number of primary amides is 2. The first-order valence-corrected chi connectivity index (χ1v) is 7.71. The average Bonchev–Trinajstić information content (AvgIpc) is 2.82. The van der Waals surface area contributed by atoms with E-state index >= 15 is 0 Å². The number of hydrogen-bond donors (Lipinski definition) is 3. The van der Waals surface area contributed by atoms with E-state index in [4.69, 9.17) is 11.5 Å². The molecule has 0 aromatic carbocycles. The molecule has 132 valence electrons. The van der Waals surface area contributed by atoms with Gasteiger partial charge in [-0.05, 0) is 19.3 Å². The highest BCUT2D eigenvalue weighted by Gasteiger charge is 2.22. The van der Waals surface area contributed by atoms with Gasteiger partial charge in [-0.1, -0.05) is 6.42 Å². The van der Waals surface area contributed by atoms with Crippen molar-refractivity contribution in [1.82, 2.24) is 10.2 Å². The fourth-order valence-electron chi connectivity index (χ4n) is 2.22. The molecular weight excluding hydrogens is 316 g/mol. The van der Waals surface area contributed by atoms with Crippen molar-refractivity contribution in [1.29, 1.82) is 0 Å². The van der Waals surface area contributed by atoms with Crippen LogP contribution in [0.2, 0.25) is 0 Å². The molecule has 1 rings (SSSR count). The fraction of sp³-hybridized carbons (Fsp3) is 0.533. The Hall–Kier alpha value is -2.71. The molecule has 0 aromatic heterocycles. The van der Waals surface area contributed by atoms with Crippen LogP contribution in [0.25, 0.3) is 0 Å². The summed E-state index contributed by atoms with van der Waals surface area (Å²) in [5, 5.41) is 2.47. The van der Waals surface area contributed by atoms with E-state index in [1.54, 1.807) is 0 Å². The number of nitrogens with two attached hydrogens (primary N) is 2. The van der Waals surface area contributed by atoms with Crippen molar-refractivity contribution in [2.75, 3.05) is 6.54 Å². The highest BCUT2D eigenvalue weighted by Crippen LogP contribution is 2.08. The van der Waals surface area contributed by atoms with Gasteiger partial charge in [-0.15, -0.1) is 0 Å². The molecule has 24 heavy (non-hydrogen) atoms. The van der Waals surface area contributed by atoms with Gasteiger partial charge >= 0.3 is 0 Å². The zero-order valence-electron chi connectivity index (χ0n) is 13.3. The van der Waals surface area contributed by atoms with Gasteiger partial charge in [-0.3, -0.25) is 28.9 Å². The smallest absolute Gasteiger partial charge is 0.253 e. The molecule has 0 bridgehead atoms. The Labute approximate surface area is 139 Å². The quantitative estimate of drug-likeness (QED) is 0.316. The third kappa shape index (κ3) is 6.59. The van der Waals surface area contributed by atoms with Gasteiger partial charge in [-0.25, -0.2) is 0 Å². The number of unbranched alkanes of at least 4 members (excludes halogenated alkanes) is 2. The highest BCUT2D eigenvalue weighted by atomic mass is 16.2. The number of carbonyl (C=O) groups excluding carboxylic acids is 5. The van der Waals surface area contributed by atoms with E-state index in [9.17, 15) is 24.0 Å². The van der Waals surface area contributed by atoms with Crippen molar-refractivity contribution in [3.63, 3.8) is 0 Å². The van der Waals surface area contributed by atoms with E-state index in [0.29, 0.717) is 25.8 Å². The van der Waals surface area contributed by atoms with Gasteiger partial charge in [0.25, 0.3) is 11.8 Å². The molecule has 9 nitrogen and oxygen atoms in total. The first-order valence-electron chi connectivity index (χ1n) is 7.71. The molecule has 0 aromatic rings. The summed E-state index contributed by atoms with van der Waals surface area (Å²) in [5.74, 6) is -2.29. The Morgan fingerprint density at radius 2 is 1.62 bits per heavy atom. The standard InChI is InChI=1S/C15H22N4O5/c16-11(20)6-5-10(15(17)24)18-12(21)4-2-1-3-9-19-13(22)7-8-14(19)23/h7-8,10H,1-6,9H2,(H2,16,20)(H2,17,24)(H,18,21). The zero-order chi connectivity index (χ0) is 18.1. The van der Waals surface area contributed by atoms with Crippen LogP contribution in [-0.2, 0) is 24.0 Å². The molecule has 9 heteroatoms. The predicted molar refractivity (Wildman–Crippen MR) is 83.9 cm³/mol. The summed E-state index contributed by atoms with van der Waals surface area (Å²) in [4.78, 5) is 57.5. The first-order chi connectivity index (χ1) is 11.3. The van der Waals surface area contributed by atoms with E-state index < -0.39 is 17.9 Å². The normalized spacial score (nSPS) is 14.8. The summed E-state index contributed by atoms with van der Waals surface area (Å²) in [6.07, 6.45) is 4.44. The van der Waals surface area contributed by atoms with E-state index in [-0.39, 0.29) is 37.0 Å². The molecule has 0 radical (unpaired) electrons. The summed E-state index contributed by atoms with van der Waals surface area (Å²) in [7, 11) is 0. The Bertz CT molecular complexity index is 540. The van der Waals surface area contributed by atoms with E-state index in [1.807, 2.05) is 0 Å². The van der Waals surface area contributed by atoms with Gasteiger partial charge in [0.15, 0.2) is 0 Å². The molecular formula is C15H22N4O5. The molecule has 0 saturated carbocycles. The lowest BCUT2D eigenvalue weighted by atomic mass is 10.1. The molecule has 1 unspecified atom stereocenters. The van der Waals surface area contributed by atoms with Crippen molar-refractivity contribution >= 4 is 29.5 Å². The zero-order valence-corrected chi connectivity index (χ0v) is 13.3. The summed E-state index contributed by atoms with van der Waals surface area (Å²) < 4.78 is 0. The second-order valence-corrected chi connectivity index (χ2v) is 5.50. The van der Waals surface area contributed by atoms with Crippen LogP contribution in [0.3, 0.4) is 0 Å². The van der Waals surface area contributed by atoms with E-state index in [0.717, 1.165) is 4.90 Å². The number of carbonyl (C=O) groups is 5. The molecule has 0 fully saturated rings. The molecule has 1 atom stereocenters. The number of nitrogens with one attached hydrogen (secondary N) is 1. The molecule has 0 aliphatic carbocycles. The number of rotatable bonds is 11. The lowest BCUT2D eigenvalue weighted by Crippen LogP contribution is -2.44. The summed E-state index contributed by atoms with van der Waals surface area (Å²) >= 11 is 0. The molecule has 5 amide bonds. The van der Waals surface area contributed by atoms with Gasteiger partial charge in [0.2, 0.25) is 17.7 Å². The molecule has 5 N–H and O–H groups in total. The van der Waals surface area contributed by atoms with Crippen LogP contribution in [0.15, 0.2) is 12.2 Å². The highest BCUT2D eigenvalue weighted by molar-refractivity contribution is 6.12. The average molecular weight is 338 g/mol. The Morgan fingerprint density at radius 3 is 2.17 bits per heavy atom. The van der Waals surface area contributed by atoms with Gasteiger partial charge in [0, 0.05) is 31.5 Å². The van der Waals surface area contributed by atoms with Crippen LogP contribution in [0.4, 0.5) is 0 Å². The number of imide groups is 1. The van der Waals surface area contributed by atoms with Crippen LogP contribution in [0.5, 0.6) is 0 Å². The van der Waals surface area contributed by atoms with Crippen LogP contribution in [0, 0.1) is 0 Å². The summed E-state index contributed by atoms with van der Waals surface area (Å²) in [6, 6.07) is -0.920. The van der Waals surface area contributed by atoms with Gasteiger partial charge in [-0.2, -0.15) is 0 Å². The van der Waals surface area contributed by atoms with Crippen molar-refractivity contribution in [2.24, 2.45) is 11.5 Å². The molecule has 0 saturated heterocycles. The second kappa shape index (κ2) is 9.43. The van der Waals surface area contributed by atoms with Crippen molar-refractivity contribution < 1.29 is 24.0 Å². The van der Waals surface area contributed by atoms with Gasteiger partial charge in [0.1, 0.15) is 6.04 Å². The molecule has 0 spiro atoms. The van der Waals surface area contributed by atoms with Crippen LogP contribution >= 0.6 is 0 Å². The largest absolute Gasteiger partial charge is 0.370 e. The second-order valence-electron chi connectivity index (χ2n) is 5.50. The lowest BCUT2D eigenvalue weighted by Gasteiger charge is -2.15. The lowest BCUT2D eigenvalue weighted by molar-refractivity contribution is -0.137. The Kier molecular flexibility index (Phi) is 7.60. The van der Waals surface area contributed by atoms with Crippen molar-refractivity contribution in [3.05, 3.63) is 12.2 Å². The summed E-state index contributed by atoms with van der Waals surface area (Å²) in [5.41, 5.74) is 10.2. The van der Waals surface area contributed by atoms with E-state index in [1.165, 1.54) is 12.2 Å². The van der Waals surface area contributed by atoms with Gasteiger partial charge in [0.05, 0.1) is 0 Å². The predicted octanol–water partition coefficient (Wildman–Crippen LogP) is -1.29. The van der Waals surface area contributed by atoms with Crippen molar-refractivity contribution in [3.8, 4) is 0 Å². The molecule has 1 heterocycles. The minimum Gasteiger partial charge on any atom is -0.370 e. The maximum atomic E-state index is 11.8. The van der Waals surface area contributed by atoms with Gasteiger partial charge < -0.3 is 16.8 Å². The van der Waals surface area contributed by atoms with E-state index in [2.05, 4.69) is 5.32 Å². The SMILES string of the molecule is NC(=O)CCC(NC(=O)CCCCCN1C(=O)C=CC1=O)C(N)=O. The third-order valence-electron chi connectivity index (χ3n) is 3.54. The topological polar surface area (TPSA) is 153 Å². The van der Waals surface area contributed by atoms with Crippen LogP contribution < -0.4 is 16.8 Å². The monoisotopic (exact) mass is 338 g/mol. The molecule has 1 aliphatic rings. The molecule has 1 aliphatic heterocycles. The number of amides is 5. The Balaban J connectivity index is 2.20. The minimum atomic E-state index is -0.920. The maximum absolute atomic E-state index is 11.8. The number of hydrogen-bond acceptors (Lipinski definition) is 5. The van der Waals surface area contributed by atoms with Crippen molar-refractivity contribution in [2.45, 2.75) is 44.6 Å². The van der Waals surface area contributed by atoms with Crippen LogP contribution in [0.1, 0.15) is 38.5 Å². The minimum absolute atomic E-state index is 0.0419. The number of nitrogens with zero attached hydrogens (tertiary/aromatic N) is 1.